The third-order valence-corrected chi connectivity index (χ3v) is 8.74. The van der Waals surface area contributed by atoms with Gasteiger partial charge in [-0.05, 0) is 47.4 Å². The van der Waals surface area contributed by atoms with E-state index in [2.05, 4.69) is 15.5 Å². The number of hydrogen-bond acceptors (Lipinski definition) is 8. The molecule has 1 aromatic heterocycles. The maximum absolute atomic E-state index is 13.4. The van der Waals surface area contributed by atoms with Crippen LogP contribution in [0.15, 0.2) is 84.9 Å². The van der Waals surface area contributed by atoms with Crippen molar-refractivity contribution >= 4 is 37.5 Å². The lowest BCUT2D eigenvalue weighted by molar-refractivity contribution is -0.0499. The Morgan fingerprint density at radius 1 is 0.864 bits per heavy atom. The van der Waals surface area contributed by atoms with Crippen LogP contribution in [-0.2, 0) is 10.1 Å². The van der Waals surface area contributed by atoms with E-state index in [-0.39, 0.29) is 11.3 Å². The molecule has 0 radical (unpaired) electrons. The van der Waals surface area contributed by atoms with Crippen LogP contribution < -0.4 is 14.2 Å². The Morgan fingerprint density at radius 2 is 1.50 bits per heavy atom. The Kier molecular flexibility index (Phi) is 8.41. The molecule has 0 aliphatic rings. The van der Waals surface area contributed by atoms with Gasteiger partial charge in [-0.25, -0.2) is 0 Å². The third-order valence-electron chi connectivity index (χ3n) is 7.77. The minimum absolute atomic E-state index is 0.0114. The molecular weight excluding hydrogens is 595 g/mol. The molecule has 1 atom stereocenters. The number of aliphatic hydroxyl groups is 1. The van der Waals surface area contributed by atoms with E-state index >= 15 is 0 Å². The molecule has 5 rings (SSSR count). The number of nitrogens with one attached hydrogen (secondary N) is 1. The zero-order chi connectivity index (χ0) is 31.7. The van der Waals surface area contributed by atoms with Crippen molar-refractivity contribution in [2.45, 2.75) is 43.8 Å². The van der Waals surface area contributed by atoms with Gasteiger partial charge in [0.1, 0.15) is 11.4 Å². The van der Waals surface area contributed by atoms with E-state index in [0.717, 1.165) is 11.6 Å². The van der Waals surface area contributed by atoms with Crippen LogP contribution in [0.4, 0.5) is 19.0 Å². The average molecular weight is 626 g/mol. The molecule has 2 N–H and O–H groups in total. The number of hydrogen-bond donors (Lipinski definition) is 2. The van der Waals surface area contributed by atoms with Crippen molar-refractivity contribution < 1.29 is 35.6 Å². The van der Waals surface area contributed by atoms with Crippen molar-refractivity contribution in [1.82, 2.24) is 10.2 Å². The zero-order valence-corrected chi connectivity index (χ0v) is 24.9. The quantitative estimate of drug-likeness (QED) is 0.122. The minimum Gasteiger partial charge on any atom is -0.497 e. The first-order valence-corrected chi connectivity index (χ1v) is 15.2. The highest BCUT2D eigenvalue weighted by molar-refractivity contribution is 7.88. The van der Waals surface area contributed by atoms with Crippen molar-refractivity contribution in [2.75, 3.05) is 12.4 Å². The highest BCUT2D eigenvalue weighted by atomic mass is 32.2. The summed E-state index contributed by atoms with van der Waals surface area (Å²) >= 11 is 0. The fraction of sp³-hybridized carbons (Fsp3) is 0.250. The largest absolute Gasteiger partial charge is 0.534 e. The molecule has 0 spiro atoms. The monoisotopic (exact) mass is 625 g/mol. The van der Waals surface area contributed by atoms with Gasteiger partial charge in [0, 0.05) is 10.8 Å². The van der Waals surface area contributed by atoms with Gasteiger partial charge in [-0.2, -0.15) is 21.6 Å². The second kappa shape index (κ2) is 11.9. The van der Waals surface area contributed by atoms with E-state index in [1.807, 2.05) is 44.2 Å². The molecule has 0 unspecified atom stereocenters. The number of anilines is 1. The van der Waals surface area contributed by atoms with Gasteiger partial charge in [-0.1, -0.05) is 80.6 Å². The second-order valence-electron chi connectivity index (χ2n) is 10.3. The topological polar surface area (TPSA) is 111 Å². The normalized spacial score (nSPS) is 13.2. The Morgan fingerprint density at radius 3 is 2.14 bits per heavy atom. The van der Waals surface area contributed by atoms with Crippen molar-refractivity contribution in [2.24, 2.45) is 0 Å². The Hall–Kier alpha value is -4.42. The molecule has 0 aliphatic heterocycles. The maximum Gasteiger partial charge on any atom is 0.534 e. The molecular formula is C32H30F3N3O5S. The molecule has 4 aromatic carbocycles. The van der Waals surface area contributed by atoms with E-state index in [4.69, 9.17) is 8.92 Å². The SMILES string of the molecule is CCC(O)(CC)[C@H](Nc1nnc(-c2c(OS(=O)(=O)C(F)(F)F)ccc3ccc(OC)cc23)c2ccccc12)c1ccccc1. The van der Waals surface area contributed by atoms with Crippen LogP contribution in [-0.4, -0.2) is 41.9 Å². The van der Waals surface area contributed by atoms with Gasteiger partial charge < -0.3 is 19.3 Å². The third kappa shape index (κ3) is 5.74. The summed E-state index contributed by atoms with van der Waals surface area (Å²) in [6.45, 7) is 3.78. The predicted octanol–water partition coefficient (Wildman–Crippen LogP) is 7.39. The number of aromatic nitrogens is 2. The Balaban J connectivity index is 1.75. The number of nitrogens with zero attached hydrogens (tertiary/aromatic N) is 2. The summed E-state index contributed by atoms with van der Waals surface area (Å²) in [6, 6.07) is 23.3. The van der Waals surface area contributed by atoms with Gasteiger partial charge in [0.15, 0.2) is 11.6 Å². The zero-order valence-electron chi connectivity index (χ0n) is 24.1. The first kappa shape index (κ1) is 31.0. The fourth-order valence-electron chi connectivity index (χ4n) is 5.25. The molecule has 0 aliphatic carbocycles. The van der Waals surface area contributed by atoms with E-state index in [1.165, 1.54) is 13.2 Å². The Bertz CT molecular complexity index is 1910. The first-order valence-electron chi connectivity index (χ1n) is 13.8. The van der Waals surface area contributed by atoms with Gasteiger partial charge in [0.2, 0.25) is 0 Å². The van der Waals surface area contributed by atoms with E-state index in [9.17, 15) is 26.7 Å². The number of ether oxygens (including phenoxy) is 1. The molecule has 8 nitrogen and oxygen atoms in total. The summed E-state index contributed by atoms with van der Waals surface area (Å²) in [7, 11) is -4.58. The summed E-state index contributed by atoms with van der Waals surface area (Å²) in [5.41, 5.74) is -5.90. The lowest BCUT2D eigenvalue weighted by Gasteiger charge is -2.36. The van der Waals surface area contributed by atoms with Crippen LogP contribution in [0.1, 0.15) is 38.3 Å². The molecule has 44 heavy (non-hydrogen) atoms. The van der Waals surface area contributed by atoms with Gasteiger partial charge in [0.25, 0.3) is 0 Å². The van der Waals surface area contributed by atoms with Crippen LogP contribution in [0, 0.1) is 0 Å². The molecule has 0 amide bonds. The van der Waals surface area contributed by atoms with Gasteiger partial charge in [0.05, 0.1) is 24.3 Å². The van der Waals surface area contributed by atoms with Crippen molar-refractivity contribution in [3.63, 3.8) is 0 Å². The van der Waals surface area contributed by atoms with Crippen LogP contribution in [0.25, 0.3) is 32.8 Å². The van der Waals surface area contributed by atoms with E-state index in [0.29, 0.717) is 46.0 Å². The number of alkyl halides is 3. The summed E-state index contributed by atoms with van der Waals surface area (Å²) in [5.74, 6) is 0.132. The van der Waals surface area contributed by atoms with E-state index < -0.39 is 33.0 Å². The Labute approximate surface area is 252 Å². The number of methoxy groups -OCH3 is 1. The molecule has 0 fully saturated rings. The first-order chi connectivity index (χ1) is 20.9. The van der Waals surface area contributed by atoms with Crippen molar-refractivity contribution in [1.29, 1.82) is 0 Å². The highest BCUT2D eigenvalue weighted by Crippen LogP contribution is 2.44. The summed E-state index contributed by atoms with van der Waals surface area (Å²) in [6.07, 6.45) is 0.872. The molecule has 230 valence electrons. The van der Waals surface area contributed by atoms with Crippen molar-refractivity contribution in [3.8, 4) is 22.8 Å². The fourth-order valence-corrected chi connectivity index (χ4v) is 5.72. The summed E-state index contributed by atoms with van der Waals surface area (Å²) < 4.78 is 74.6. The molecule has 0 saturated carbocycles. The average Bonchev–Trinajstić information content (AvgIpc) is 3.02. The lowest BCUT2D eigenvalue weighted by atomic mass is 9.84. The van der Waals surface area contributed by atoms with Gasteiger partial charge in [-0.3, -0.25) is 0 Å². The number of rotatable bonds is 10. The molecule has 12 heteroatoms. The number of fused-ring (bicyclic) bond motifs is 2. The van der Waals surface area contributed by atoms with Crippen LogP contribution in [0.5, 0.6) is 11.5 Å². The molecule has 0 bridgehead atoms. The van der Waals surface area contributed by atoms with Crippen molar-refractivity contribution in [3.05, 3.63) is 90.5 Å². The van der Waals surface area contributed by atoms with Gasteiger partial charge in [-0.15, -0.1) is 10.2 Å². The standard InChI is InChI=1S/C32H30F3N3O5S/c1-4-31(39,5-2)29(21-11-7-6-8-12-21)36-30-24-14-10-9-13-23(24)28(37-38-30)27-25-19-22(42-3)17-15-20(25)16-18-26(27)43-44(40,41)32(33,34)35/h6-19,29,39H,4-5H2,1-3H3,(H,36,38)/t29-/m1/s1. The molecule has 0 saturated heterocycles. The molecule has 5 aromatic rings. The lowest BCUT2D eigenvalue weighted by Crippen LogP contribution is -2.39. The summed E-state index contributed by atoms with van der Waals surface area (Å²) in [5, 5.41) is 25.7. The van der Waals surface area contributed by atoms with Crippen LogP contribution in [0.2, 0.25) is 0 Å². The van der Waals surface area contributed by atoms with E-state index in [1.54, 1.807) is 42.5 Å². The number of benzene rings is 4. The summed E-state index contributed by atoms with van der Waals surface area (Å²) in [4.78, 5) is 0. The second-order valence-corrected chi connectivity index (χ2v) is 11.8. The van der Waals surface area contributed by atoms with Crippen LogP contribution >= 0.6 is 0 Å². The minimum atomic E-state index is -6.02. The molecule has 1 heterocycles. The number of halogens is 3. The predicted molar refractivity (Wildman–Crippen MR) is 163 cm³/mol. The van der Waals surface area contributed by atoms with Gasteiger partial charge >= 0.3 is 15.6 Å². The smallest absolute Gasteiger partial charge is 0.497 e. The highest BCUT2D eigenvalue weighted by Gasteiger charge is 2.49. The maximum atomic E-state index is 13.4. The van der Waals surface area contributed by atoms with Crippen LogP contribution in [0.3, 0.4) is 0 Å².